The molecule has 3 N–H and O–H groups in total. The zero-order valence-corrected chi connectivity index (χ0v) is 31.8. The van der Waals surface area contributed by atoms with Crippen molar-refractivity contribution in [3.8, 4) is 40.2 Å². The molecule has 1 heterocycles. The average molecular weight is 716 g/mol. The normalized spacial score (nSPS) is 20.7. The van der Waals surface area contributed by atoms with Gasteiger partial charge in [0.1, 0.15) is 30.2 Å². The second-order valence-electron chi connectivity index (χ2n) is 13.5. The summed E-state index contributed by atoms with van der Waals surface area (Å²) >= 11 is 0. The average Bonchev–Trinajstić information content (AvgIpc) is 3.46. The second-order valence-corrected chi connectivity index (χ2v) is 13.5. The molecule has 4 aromatic rings. The molecular formula is C42H53NO9. The van der Waals surface area contributed by atoms with Gasteiger partial charge in [-0.05, 0) is 109 Å². The summed E-state index contributed by atoms with van der Waals surface area (Å²) in [6.07, 6.45) is -2.86. The molecule has 10 nitrogen and oxygen atoms in total. The number of hydrogen-bond acceptors (Lipinski definition) is 10. The molecule has 0 unspecified atom stereocenters. The fourth-order valence-electron chi connectivity index (χ4n) is 7.05. The van der Waals surface area contributed by atoms with E-state index in [2.05, 4.69) is 25.2 Å². The van der Waals surface area contributed by atoms with Crippen molar-refractivity contribution in [2.24, 2.45) is 11.8 Å². The lowest BCUT2D eigenvalue weighted by atomic mass is 9.85. The fraction of sp³-hybridized carbons (Fsp3) is 0.429. The van der Waals surface area contributed by atoms with Gasteiger partial charge in [-0.3, -0.25) is 0 Å². The Bertz CT molecular complexity index is 1810. The van der Waals surface area contributed by atoms with E-state index in [1.807, 2.05) is 69.3 Å². The number of rotatable bonds is 15. The van der Waals surface area contributed by atoms with Gasteiger partial charge in [-0.2, -0.15) is 0 Å². The molecule has 4 aromatic carbocycles. The van der Waals surface area contributed by atoms with Crippen LogP contribution in [0, 0.1) is 18.8 Å². The van der Waals surface area contributed by atoms with Crippen LogP contribution in [0.2, 0.25) is 0 Å². The number of aliphatic hydroxyl groups excluding tert-OH is 2. The highest BCUT2D eigenvalue weighted by Crippen LogP contribution is 2.47. The number of hydrogen-bond donors (Lipinski definition) is 3. The van der Waals surface area contributed by atoms with Gasteiger partial charge < -0.3 is 48.7 Å². The van der Waals surface area contributed by atoms with E-state index < -0.39 is 24.4 Å². The number of methoxy groups -OCH3 is 5. The molecule has 8 atom stereocenters. The van der Waals surface area contributed by atoms with Crippen LogP contribution in [0.5, 0.6) is 40.2 Å². The monoisotopic (exact) mass is 715 g/mol. The Hall–Kier alpha value is -4.64. The first kappa shape index (κ1) is 38.6. The van der Waals surface area contributed by atoms with Crippen molar-refractivity contribution in [2.75, 3.05) is 35.5 Å². The lowest BCUT2D eigenvalue weighted by Crippen LogP contribution is -2.23. The van der Waals surface area contributed by atoms with Gasteiger partial charge in [-0.1, -0.05) is 38.1 Å². The minimum Gasteiger partial charge on any atom is -0.496 e. The molecule has 0 amide bonds. The molecule has 0 bridgehead atoms. The highest BCUT2D eigenvalue weighted by Gasteiger charge is 2.39. The smallest absolute Gasteiger partial charge is 0.161 e. The predicted octanol–water partition coefficient (Wildman–Crippen LogP) is 7.70. The van der Waals surface area contributed by atoms with Crippen LogP contribution in [0.3, 0.4) is 0 Å². The maximum Gasteiger partial charge on any atom is 0.161 e. The summed E-state index contributed by atoms with van der Waals surface area (Å²) in [6.45, 7) is 10.1. The van der Waals surface area contributed by atoms with Gasteiger partial charge in [0.05, 0.1) is 35.5 Å². The van der Waals surface area contributed by atoms with Crippen molar-refractivity contribution < 1.29 is 43.4 Å². The predicted molar refractivity (Wildman–Crippen MR) is 200 cm³/mol. The molecule has 0 aromatic heterocycles. The first-order valence-electron chi connectivity index (χ1n) is 17.6. The lowest BCUT2D eigenvalue weighted by molar-refractivity contribution is 0.0449. The van der Waals surface area contributed by atoms with Gasteiger partial charge in [-0.25, -0.2) is 0 Å². The van der Waals surface area contributed by atoms with Crippen molar-refractivity contribution in [2.45, 2.75) is 71.1 Å². The van der Waals surface area contributed by atoms with Crippen molar-refractivity contribution >= 4 is 0 Å². The maximum atomic E-state index is 11.1. The molecule has 1 fully saturated rings. The number of aliphatic hydroxyl groups is 2. The summed E-state index contributed by atoms with van der Waals surface area (Å²) in [7, 11) is 8.01. The van der Waals surface area contributed by atoms with E-state index in [4.69, 9.17) is 33.2 Å². The lowest BCUT2D eigenvalue weighted by Gasteiger charge is -2.24. The number of aryl methyl sites for hydroxylation is 1. The van der Waals surface area contributed by atoms with E-state index in [0.717, 1.165) is 28.0 Å². The van der Waals surface area contributed by atoms with E-state index in [9.17, 15) is 10.2 Å². The van der Waals surface area contributed by atoms with Crippen LogP contribution in [0.25, 0.3) is 0 Å². The molecule has 1 aliphatic rings. The Morgan fingerprint density at radius 3 is 1.31 bits per heavy atom. The number of nitrogens with one attached hydrogen (secondary N) is 1. The molecule has 0 radical (unpaired) electrons. The van der Waals surface area contributed by atoms with Crippen LogP contribution in [-0.4, -0.2) is 58.0 Å². The molecule has 1 saturated heterocycles. The van der Waals surface area contributed by atoms with E-state index in [-0.39, 0.29) is 18.0 Å². The molecule has 5 rings (SSSR count). The molecule has 0 aliphatic carbocycles. The number of benzene rings is 4. The second kappa shape index (κ2) is 16.8. The molecule has 0 spiro atoms. The van der Waals surface area contributed by atoms with Gasteiger partial charge in [0, 0.05) is 12.1 Å². The Kier molecular flexibility index (Phi) is 12.5. The van der Waals surface area contributed by atoms with Crippen LogP contribution in [0.15, 0.2) is 72.8 Å². The first-order valence-corrected chi connectivity index (χ1v) is 17.6. The number of ether oxygens (including phenoxy) is 7. The van der Waals surface area contributed by atoms with Crippen molar-refractivity contribution in [3.05, 3.63) is 101 Å². The van der Waals surface area contributed by atoms with Gasteiger partial charge in [-0.15, -0.1) is 0 Å². The summed E-state index contributed by atoms with van der Waals surface area (Å²) in [4.78, 5) is 0. The van der Waals surface area contributed by atoms with Crippen molar-refractivity contribution in [1.29, 1.82) is 0 Å². The Morgan fingerprint density at radius 1 is 0.500 bits per heavy atom. The van der Waals surface area contributed by atoms with Crippen LogP contribution in [0.4, 0.5) is 0 Å². The van der Waals surface area contributed by atoms with Gasteiger partial charge in [0.25, 0.3) is 0 Å². The van der Waals surface area contributed by atoms with Crippen LogP contribution >= 0.6 is 0 Å². The molecule has 0 saturated carbocycles. The summed E-state index contributed by atoms with van der Waals surface area (Å²) in [5.41, 5.74) is 4.50. The van der Waals surface area contributed by atoms with Crippen molar-refractivity contribution in [1.82, 2.24) is 5.32 Å². The molecule has 10 heteroatoms. The fourth-order valence-corrected chi connectivity index (χ4v) is 7.05. The summed E-state index contributed by atoms with van der Waals surface area (Å²) in [6, 6.07) is 22.9. The summed E-state index contributed by atoms with van der Waals surface area (Å²) in [5, 5.41) is 26.1. The van der Waals surface area contributed by atoms with Crippen LogP contribution in [-0.2, 0) is 0 Å². The molecular weight excluding hydrogens is 662 g/mol. The van der Waals surface area contributed by atoms with Gasteiger partial charge in [0.15, 0.2) is 34.5 Å². The minimum absolute atomic E-state index is 0.0442. The molecule has 52 heavy (non-hydrogen) atoms. The van der Waals surface area contributed by atoms with Gasteiger partial charge >= 0.3 is 0 Å². The maximum absolute atomic E-state index is 11.1. The minimum atomic E-state index is -0.915. The molecule has 1 aliphatic heterocycles. The van der Waals surface area contributed by atoms with E-state index in [1.54, 1.807) is 53.7 Å². The van der Waals surface area contributed by atoms with Gasteiger partial charge in [0.2, 0.25) is 0 Å². The van der Waals surface area contributed by atoms with Crippen LogP contribution < -0.4 is 38.5 Å². The van der Waals surface area contributed by atoms with E-state index in [0.29, 0.717) is 46.0 Å². The quantitative estimate of drug-likeness (QED) is 0.113. The highest BCUT2D eigenvalue weighted by molar-refractivity contribution is 5.48. The Morgan fingerprint density at radius 2 is 0.885 bits per heavy atom. The largest absolute Gasteiger partial charge is 0.496 e. The topological polar surface area (TPSA) is 117 Å². The van der Waals surface area contributed by atoms with E-state index >= 15 is 0 Å². The van der Waals surface area contributed by atoms with E-state index in [1.165, 1.54) is 0 Å². The molecule has 280 valence electrons. The summed E-state index contributed by atoms with van der Waals surface area (Å²) < 4.78 is 40.2. The Balaban J connectivity index is 1.29. The third-order valence-electron chi connectivity index (χ3n) is 10.4. The third kappa shape index (κ3) is 8.04. The Labute approximate surface area is 307 Å². The highest BCUT2D eigenvalue weighted by atomic mass is 16.5. The zero-order valence-electron chi connectivity index (χ0n) is 31.8. The first-order chi connectivity index (χ1) is 24.9. The van der Waals surface area contributed by atoms with Crippen LogP contribution in [0.1, 0.15) is 79.8 Å². The standard InChI is InChI=1S/C42H53NO9/c1-23-19-30(13-15-32(23)46-6)41(44)26(4)51-34-17-11-28(20-37(34)49-9)39-24(2)25(3)40(43-39)29-12-18-35(38(21-29)50-10)52-27(5)42(45)31-14-16-33(47-7)36(22-31)48-8/h11-22,24-27,39-45H,1-10H3/t24-,25-,26-,27-,39+,40+,41+,42+/m1/s1. The SMILES string of the molecule is COc1ccc([C@@H](O)[C@@H](C)Oc2ccc([C@H]3N[C@H](c4ccc(O[C@H](C)[C@H](O)c5ccc(OC)c(OC)c5)c(OC)c4)[C@H](C)[C@H]3C)cc2OC)cc1C. The third-order valence-corrected chi connectivity index (χ3v) is 10.4. The summed E-state index contributed by atoms with van der Waals surface area (Å²) in [5.74, 6) is 4.75. The van der Waals surface area contributed by atoms with Crippen molar-refractivity contribution in [3.63, 3.8) is 0 Å². The zero-order chi connectivity index (χ0) is 37.7.